The Bertz CT molecular complexity index is 1580. The van der Waals surface area contributed by atoms with Crippen molar-refractivity contribution in [2.75, 3.05) is 0 Å². The fourth-order valence-corrected chi connectivity index (χ4v) is 5.05. The highest BCUT2D eigenvalue weighted by Crippen LogP contribution is 2.22. The number of amides is 2. The van der Waals surface area contributed by atoms with E-state index in [0.29, 0.717) is 0 Å². The van der Waals surface area contributed by atoms with Gasteiger partial charge in [-0.25, -0.2) is 4.79 Å². The summed E-state index contributed by atoms with van der Waals surface area (Å²) in [5.41, 5.74) is 17.1. The van der Waals surface area contributed by atoms with Gasteiger partial charge < -0.3 is 26.2 Å². The van der Waals surface area contributed by atoms with E-state index in [1.54, 1.807) is 12.4 Å². The number of carbonyl (C=O) groups is 3. The number of fused-ring (bicyclic) bond motifs is 2. The van der Waals surface area contributed by atoms with Gasteiger partial charge in [0, 0.05) is 34.2 Å². The third-order valence-corrected chi connectivity index (χ3v) is 7.29. The highest BCUT2D eigenvalue weighted by Gasteiger charge is 2.38. The summed E-state index contributed by atoms with van der Waals surface area (Å²) in [6.45, 7) is 1.46. The van der Waals surface area contributed by atoms with Crippen LogP contribution in [0.25, 0.3) is 21.8 Å². The first-order valence-electron chi connectivity index (χ1n) is 13.5. The molecule has 0 saturated carbocycles. The number of aromatic nitrogens is 2. The monoisotopic (exact) mass is 551 g/mol. The van der Waals surface area contributed by atoms with Gasteiger partial charge in [0.05, 0.1) is 12.1 Å². The fraction of sp³-hybridized carbons (Fsp3) is 0.219. The predicted molar refractivity (Wildman–Crippen MR) is 158 cm³/mol. The molecule has 3 aromatic carbocycles. The summed E-state index contributed by atoms with van der Waals surface area (Å²) in [5.74, 6) is -2.12. The smallest absolute Gasteiger partial charge is 0.329 e. The number of nitrogens with one attached hydrogen (secondary N) is 2. The molecule has 5 rings (SSSR count). The van der Waals surface area contributed by atoms with Gasteiger partial charge in [0.15, 0.2) is 0 Å². The van der Waals surface area contributed by atoms with Crippen molar-refractivity contribution in [3.8, 4) is 0 Å². The molecule has 41 heavy (non-hydrogen) atoms. The number of H-pyrrole nitrogens is 2. The molecule has 0 fully saturated rings. The van der Waals surface area contributed by atoms with Crippen molar-refractivity contribution in [2.45, 2.75) is 44.5 Å². The van der Waals surface area contributed by atoms with Gasteiger partial charge in [-0.1, -0.05) is 66.7 Å². The molecule has 9 nitrogen and oxygen atoms in total. The summed E-state index contributed by atoms with van der Waals surface area (Å²) in [5, 5.41) is 1.86. The number of ether oxygens (including phenoxy) is 1. The van der Waals surface area contributed by atoms with E-state index in [9.17, 15) is 14.4 Å². The van der Waals surface area contributed by atoms with E-state index < -0.39 is 35.9 Å². The Kier molecular flexibility index (Phi) is 8.28. The van der Waals surface area contributed by atoms with Crippen molar-refractivity contribution in [1.82, 2.24) is 14.9 Å². The summed E-state index contributed by atoms with van der Waals surface area (Å²) in [6, 6.07) is 21.1. The third kappa shape index (κ3) is 6.06. The van der Waals surface area contributed by atoms with E-state index in [4.69, 9.17) is 16.2 Å². The van der Waals surface area contributed by atoms with Crippen LogP contribution in [0.1, 0.15) is 23.6 Å². The van der Waals surface area contributed by atoms with Gasteiger partial charge in [-0.2, -0.15) is 0 Å². The molecular formula is C32H33N5O4. The van der Waals surface area contributed by atoms with Crippen LogP contribution in [-0.4, -0.2) is 50.8 Å². The van der Waals surface area contributed by atoms with Crippen LogP contribution in [0.3, 0.4) is 0 Å². The maximum atomic E-state index is 13.8. The second kappa shape index (κ2) is 12.2. The molecule has 210 valence electrons. The molecule has 0 spiro atoms. The molecule has 2 heterocycles. The van der Waals surface area contributed by atoms with E-state index in [1.165, 1.54) is 6.92 Å². The third-order valence-electron chi connectivity index (χ3n) is 7.29. The SMILES string of the molecule is C[C@@H](C(=O)OCc1ccccc1)N(C(=O)[C@@H](N)Cc1c[nH]c2ccccc12)C(=O)[C@@H](N)Cc1c[nH]c2ccccc12. The van der Waals surface area contributed by atoms with Crippen LogP contribution < -0.4 is 11.5 Å². The van der Waals surface area contributed by atoms with Gasteiger partial charge in [0.2, 0.25) is 11.8 Å². The Morgan fingerprint density at radius 2 is 1.20 bits per heavy atom. The zero-order chi connectivity index (χ0) is 28.9. The standard InChI is InChI=1S/C32H33N5O4/c1-20(32(40)41-19-21-9-3-2-4-10-21)37(30(38)26(33)15-22-17-35-28-13-7-5-11-24(22)28)31(39)27(34)16-23-18-36-29-14-8-6-12-25(23)29/h2-14,17-18,20,26-27,35-36H,15-16,19,33-34H2,1H3/t20-,26-,27-/m0/s1. The molecule has 6 N–H and O–H groups in total. The Morgan fingerprint density at radius 1 is 0.732 bits per heavy atom. The van der Waals surface area contributed by atoms with E-state index in [1.807, 2.05) is 78.9 Å². The van der Waals surface area contributed by atoms with E-state index >= 15 is 0 Å². The van der Waals surface area contributed by atoms with Crippen LogP contribution >= 0.6 is 0 Å². The Labute approximate surface area is 237 Å². The number of benzene rings is 3. The second-order valence-electron chi connectivity index (χ2n) is 10.2. The topological polar surface area (TPSA) is 147 Å². The summed E-state index contributed by atoms with van der Waals surface area (Å²) < 4.78 is 5.48. The number of hydrogen-bond donors (Lipinski definition) is 4. The minimum atomic E-state index is -1.23. The van der Waals surface area contributed by atoms with Gasteiger partial charge in [-0.15, -0.1) is 0 Å². The lowest BCUT2D eigenvalue weighted by Gasteiger charge is -2.30. The Hall–Kier alpha value is -4.73. The van der Waals surface area contributed by atoms with Crippen LogP contribution in [0.15, 0.2) is 91.3 Å². The number of nitrogens with zero attached hydrogens (tertiary/aromatic N) is 1. The number of esters is 1. The quantitative estimate of drug-likeness (QED) is 0.195. The highest BCUT2D eigenvalue weighted by atomic mass is 16.5. The molecule has 0 bridgehead atoms. The maximum absolute atomic E-state index is 13.8. The molecule has 5 aromatic rings. The lowest BCUT2D eigenvalue weighted by atomic mass is 10.0. The first-order chi connectivity index (χ1) is 19.8. The molecule has 2 amide bonds. The Balaban J connectivity index is 1.37. The largest absolute Gasteiger partial charge is 0.459 e. The molecule has 0 unspecified atom stereocenters. The molecule has 2 aromatic heterocycles. The number of imide groups is 1. The molecule has 0 aliphatic rings. The minimum Gasteiger partial charge on any atom is -0.459 e. The average molecular weight is 552 g/mol. The normalized spacial score (nSPS) is 13.5. The van der Waals surface area contributed by atoms with Crippen molar-refractivity contribution >= 4 is 39.6 Å². The Morgan fingerprint density at radius 3 is 1.71 bits per heavy atom. The molecule has 3 atom stereocenters. The highest BCUT2D eigenvalue weighted by molar-refractivity contribution is 6.03. The molecule has 9 heteroatoms. The number of hydrogen-bond acceptors (Lipinski definition) is 6. The predicted octanol–water partition coefficient (Wildman–Crippen LogP) is 3.58. The van der Waals surface area contributed by atoms with E-state index in [0.717, 1.165) is 43.4 Å². The molecule has 0 aliphatic carbocycles. The lowest BCUT2D eigenvalue weighted by molar-refractivity contribution is -0.162. The zero-order valence-corrected chi connectivity index (χ0v) is 22.7. The summed E-state index contributed by atoms with van der Waals surface area (Å²) in [7, 11) is 0. The second-order valence-corrected chi connectivity index (χ2v) is 10.2. The van der Waals surface area contributed by atoms with Crippen molar-refractivity contribution in [3.05, 3.63) is 108 Å². The van der Waals surface area contributed by atoms with Crippen LogP contribution in [0.4, 0.5) is 0 Å². The van der Waals surface area contributed by atoms with Crippen molar-refractivity contribution in [3.63, 3.8) is 0 Å². The number of carbonyl (C=O) groups excluding carboxylic acids is 3. The van der Waals surface area contributed by atoms with Crippen LogP contribution in [0, 0.1) is 0 Å². The van der Waals surface area contributed by atoms with Crippen LogP contribution in [-0.2, 0) is 38.6 Å². The van der Waals surface area contributed by atoms with E-state index in [-0.39, 0.29) is 19.4 Å². The number of para-hydroxylation sites is 2. The fourth-order valence-electron chi connectivity index (χ4n) is 5.05. The molecular weight excluding hydrogens is 518 g/mol. The van der Waals surface area contributed by atoms with Gasteiger partial charge >= 0.3 is 5.97 Å². The number of rotatable bonds is 10. The van der Waals surface area contributed by atoms with Crippen LogP contribution in [0.5, 0.6) is 0 Å². The first-order valence-corrected chi connectivity index (χ1v) is 13.5. The van der Waals surface area contributed by atoms with Crippen LogP contribution in [0.2, 0.25) is 0 Å². The van der Waals surface area contributed by atoms with Gasteiger partial charge in [-0.3, -0.25) is 14.5 Å². The minimum absolute atomic E-state index is 0.00300. The van der Waals surface area contributed by atoms with E-state index in [2.05, 4.69) is 9.97 Å². The summed E-state index contributed by atoms with van der Waals surface area (Å²) in [4.78, 5) is 47.9. The number of nitrogens with two attached hydrogens (primary N) is 2. The lowest BCUT2D eigenvalue weighted by Crippen LogP contribution is -2.58. The van der Waals surface area contributed by atoms with Crippen molar-refractivity contribution in [2.24, 2.45) is 11.5 Å². The maximum Gasteiger partial charge on any atom is 0.329 e. The zero-order valence-electron chi connectivity index (χ0n) is 22.7. The molecule has 0 saturated heterocycles. The average Bonchev–Trinajstić information content (AvgIpc) is 3.60. The van der Waals surface area contributed by atoms with Gasteiger partial charge in [-0.05, 0) is 48.6 Å². The van der Waals surface area contributed by atoms with Crippen molar-refractivity contribution < 1.29 is 19.1 Å². The first kappa shape index (κ1) is 27.8. The van der Waals surface area contributed by atoms with Gasteiger partial charge in [0.1, 0.15) is 12.6 Å². The summed E-state index contributed by atoms with van der Waals surface area (Å²) in [6.07, 6.45) is 3.92. The molecule has 0 radical (unpaired) electrons. The summed E-state index contributed by atoms with van der Waals surface area (Å²) >= 11 is 0. The van der Waals surface area contributed by atoms with Crippen molar-refractivity contribution in [1.29, 1.82) is 0 Å². The molecule has 0 aliphatic heterocycles. The van der Waals surface area contributed by atoms with Gasteiger partial charge in [0.25, 0.3) is 0 Å². The number of aromatic amines is 2.